The highest BCUT2D eigenvalue weighted by Gasteiger charge is 2.34. The van der Waals surface area contributed by atoms with Crippen LogP contribution in [0.15, 0.2) is 78.9 Å². The van der Waals surface area contributed by atoms with Gasteiger partial charge in [0.2, 0.25) is 0 Å². The molecule has 2 nitrogen and oxygen atoms in total. The van der Waals surface area contributed by atoms with Crippen LogP contribution in [0.1, 0.15) is 48.3 Å². The van der Waals surface area contributed by atoms with Gasteiger partial charge in [-0.1, -0.05) is 108 Å². The van der Waals surface area contributed by atoms with E-state index < -0.39 is 0 Å². The van der Waals surface area contributed by atoms with Gasteiger partial charge in [0.05, 0.1) is 15.1 Å². The molecule has 0 heterocycles. The van der Waals surface area contributed by atoms with Crippen molar-refractivity contribution in [3.63, 3.8) is 0 Å². The maximum Gasteiger partial charge on any atom is 0.109 e. The van der Waals surface area contributed by atoms with Gasteiger partial charge in [-0.2, -0.15) is 0 Å². The molecule has 7 aromatic carbocycles. The van der Waals surface area contributed by atoms with Crippen LogP contribution >= 0.6 is 34.8 Å². The van der Waals surface area contributed by atoms with Crippen molar-refractivity contribution in [2.45, 2.75) is 26.1 Å². The van der Waals surface area contributed by atoms with Gasteiger partial charge >= 0.3 is 0 Å². The Morgan fingerprint density at radius 2 is 1.05 bits per heavy atom. The zero-order valence-electron chi connectivity index (χ0n) is 23.5. The molecule has 2 atom stereocenters. The van der Waals surface area contributed by atoms with Crippen molar-refractivity contribution in [1.29, 1.82) is 0 Å². The highest BCUT2D eigenvalue weighted by molar-refractivity contribution is 6.49. The van der Waals surface area contributed by atoms with Crippen LogP contribution in [0.5, 0.6) is 0 Å². The summed E-state index contributed by atoms with van der Waals surface area (Å²) in [5.74, 6) is 0. The molecule has 0 aliphatic heterocycles. The molecule has 0 amide bonds. The SMILES string of the molecule is CCOC1c2ccccc2-c2ccc3c4ccc5c6c(ccc(c7ccc1c2c37)c64)C(OCC)c1cc(Cl)c(Cl)c(Cl)c1-5. The van der Waals surface area contributed by atoms with Crippen molar-refractivity contribution in [2.24, 2.45) is 0 Å². The molecular weight excluding hydrogens is 595 g/mol. The van der Waals surface area contributed by atoms with Crippen LogP contribution in [0, 0.1) is 0 Å². The molecule has 43 heavy (non-hydrogen) atoms. The first-order valence-electron chi connectivity index (χ1n) is 14.7. The first kappa shape index (κ1) is 26.1. The van der Waals surface area contributed by atoms with Gasteiger partial charge in [0.25, 0.3) is 0 Å². The molecule has 0 saturated carbocycles. The zero-order chi connectivity index (χ0) is 29.1. The molecule has 0 aromatic heterocycles. The zero-order valence-corrected chi connectivity index (χ0v) is 25.8. The van der Waals surface area contributed by atoms with Crippen LogP contribution < -0.4 is 0 Å². The molecule has 0 fully saturated rings. The third-order valence-electron chi connectivity index (χ3n) is 9.48. The van der Waals surface area contributed by atoms with Crippen molar-refractivity contribution >= 4 is 77.9 Å². The quantitative estimate of drug-likeness (QED) is 0.111. The molecule has 0 spiro atoms. The van der Waals surface area contributed by atoms with Crippen LogP contribution in [0.4, 0.5) is 0 Å². The normalized spacial score (nSPS) is 16.9. The van der Waals surface area contributed by atoms with Crippen molar-refractivity contribution in [3.05, 3.63) is 116 Å². The van der Waals surface area contributed by atoms with Gasteiger partial charge in [-0.05, 0) is 102 Å². The molecule has 2 aliphatic rings. The monoisotopic (exact) mass is 618 g/mol. The Kier molecular flexibility index (Phi) is 5.65. The number of rotatable bonds is 4. The largest absolute Gasteiger partial charge is 0.369 e. The predicted octanol–water partition coefficient (Wildman–Crippen LogP) is 11.9. The summed E-state index contributed by atoms with van der Waals surface area (Å²) in [6, 6.07) is 28.7. The van der Waals surface area contributed by atoms with Crippen LogP contribution in [-0.2, 0) is 9.47 Å². The summed E-state index contributed by atoms with van der Waals surface area (Å²) < 4.78 is 12.8. The summed E-state index contributed by atoms with van der Waals surface area (Å²) in [5, 5.41) is 11.1. The summed E-state index contributed by atoms with van der Waals surface area (Å²) in [6.45, 7) is 5.28. The van der Waals surface area contributed by atoms with E-state index in [0.29, 0.717) is 28.3 Å². The van der Waals surface area contributed by atoms with E-state index in [1.807, 2.05) is 13.0 Å². The van der Waals surface area contributed by atoms with Crippen molar-refractivity contribution in [2.75, 3.05) is 13.2 Å². The summed E-state index contributed by atoms with van der Waals surface area (Å²) in [5.41, 5.74) is 9.00. The van der Waals surface area contributed by atoms with E-state index in [4.69, 9.17) is 44.3 Å². The van der Waals surface area contributed by atoms with Crippen molar-refractivity contribution < 1.29 is 9.47 Å². The Labute approximate surface area is 264 Å². The van der Waals surface area contributed by atoms with E-state index in [1.165, 1.54) is 60.0 Å². The van der Waals surface area contributed by atoms with E-state index in [9.17, 15) is 0 Å². The van der Waals surface area contributed by atoms with Gasteiger partial charge < -0.3 is 9.47 Å². The minimum absolute atomic E-state index is 0.100. The average molecular weight is 620 g/mol. The second-order valence-electron chi connectivity index (χ2n) is 11.4. The van der Waals surface area contributed by atoms with E-state index in [2.05, 4.69) is 79.7 Å². The first-order chi connectivity index (χ1) is 21.0. The summed E-state index contributed by atoms with van der Waals surface area (Å²) in [6.07, 6.45) is -0.402. The second-order valence-corrected chi connectivity index (χ2v) is 12.6. The number of hydrogen-bond donors (Lipinski definition) is 0. The highest BCUT2D eigenvalue weighted by Crippen LogP contribution is 2.56. The lowest BCUT2D eigenvalue weighted by molar-refractivity contribution is 0.0921. The molecule has 2 aliphatic carbocycles. The van der Waals surface area contributed by atoms with Gasteiger partial charge in [-0.25, -0.2) is 0 Å². The van der Waals surface area contributed by atoms with Crippen molar-refractivity contribution in [1.82, 2.24) is 0 Å². The second kappa shape index (κ2) is 9.32. The van der Waals surface area contributed by atoms with Gasteiger partial charge in [0.15, 0.2) is 0 Å². The number of benzene rings is 7. The lowest BCUT2D eigenvalue weighted by Crippen LogP contribution is -2.14. The van der Waals surface area contributed by atoms with Gasteiger partial charge in [0.1, 0.15) is 12.2 Å². The maximum absolute atomic E-state index is 6.96. The van der Waals surface area contributed by atoms with Gasteiger partial charge in [-0.15, -0.1) is 0 Å². The standard InChI is InChI=1S/C38H25Cl3O2/c1-3-42-37-24-8-6-5-7-18(24)19-9-10-20-21-11-14-25-33-27(38(43-4-2)28-17-29(39)35(40)36(41)34(25)28)16-13-23(31(21)33)22-12-15-26(37)32(19)30(20)22/h5-17,37-38H,3-4H2,1-2H3. The Morgan fingerprint density at radius 1 is 0.512 bits per heavy atom. The van der Waals surface area contributed by atoms with Crippen LogP contribution in [0.25, 0.3) is 65.3 Å². The smallest absolute Gasteiger partial charge is 0.109 e. The van der Waals surface area contributed by atoms with E-state index in [1.54, 1.807) is 0 Å². The van der Waals surface area contributed by atoms with E-state index in [0.717, 1.165) is 27.6 Å². The minimum Gasteiger partial charge on any atom is -0.369 e. The molecule has 0 bridgehead atoms. The molecule has 210 valence electrons. The van der Waals surface area contributed by atoms with Crippen LogP contribution in [-0.4, -0.2) is 13.2 Å². The lowest BCUT2D eigenvalue weighted by Gasteiger charge is -2.32. The van der Waals surface area contributed by atoms with Gasteiger partial charge in [0, 0.05) is 18.8 Å². The fourth-order valence-electron chi connectivity index (χ4n) is 7.90. The summed E-state index contributed by atoms with van der Waals surface area (Å²) >= 11 is 20.1. The molecule has 5 heteroatoms. The molecule has 2 unspecified atom stereocenters. The first-order valence-corrected chi connectivity index (χ1v) is 15.9. The number of fused-ring (bicyclic) bond motifs is 6. The minimum atomic E-state index is -0.302. The van der Waals surface area contributed by atoms with Crippen molar-refractivity contribution in [3.8, 4) is 22.3 Å². The Balaban J connectivity index is 1.45. The highest BCUT2D eigenvalue weighted by atomic mass is 35.5. The average Bonchev–Trinajstić information content (AvgIpc) is 3.03. The molecule has 0 N–H and O–H groups in total. The maximum atomic E-state index is 6.96. The predicted molar refractivity (Wildman–Crippen MR) is 180 cm³/mol. The summed E-state index contributed by atoms with van der Waals surface area (Å²) in [4.78, 5) is 0. The van der Waals surface area contributed by atoms with E-state index >= 15 is 0 Å². The molecule has 9 rings (SSSR count). The lowest BCUT2D eigenvalue weighted by atomic mass is 9.76. The third kappa shape index (κ3) is 3.28. The number of ether oxygens (including phenoxy) is 2. The number of halogens is 3. The van der Waals surface area contributed by atoms with Gasteiger partial charge in [-0.3, -0.25) is 0 Å². The fourth-order valence-corrected chi connectivity index (χ4v) is 8.63. The van der Waals surface area contributed by atoms with Crippen LogP contribution in [0.2, 0.25) is 15.1 Å². The molecule has 7 aromatic rings. The fraction of sp³-hybridized carbons (Fsp3) is 0.158. The third-order valence-corrected chi connectivity index (χ3v) is 10.7. The number of hydrogen-bond acceptors (Lipinski definition) is 2. The van der Waals surface area contributed by atoms with E-state index in [-0.39, 0.29) is 12.2 Å². The molecule has 0 saturated heterocycles. The summed E-state index contributed by atoms with van der Waals surface area (Å²) in [7, 11) is 0. The Bertz CT molecular complexity index is 2300. The Hall–Kier alpha value is -3.37. The topological polar surface area (TPSA) is 18.5 Å². The molecule has 0 radical (unpaired) electrons. The Morgan fingerprint density at radius 3 is 1.67 bits per heavy atom. The van der Waals surface area contributed by atoms with Crippen LogP contribution in [0.3, 0.4) is 0 Å². The molecular formula is C38H25Cl3O2.